The lowest BCUT2D eigenvalue weighted by Gasteiger charge is -2.27. The van der Waals surface area contributed by atoms with Gasteiger partial charge in [-0.15, -0.1) is 0 Å². The minimum Gasteiger partial charge on any atom is -0.486 e. The highest BCUT2D eigenvalue weighted by Crippen LogP contribution is 2.41. The quantitative estimate of drug-likeness (QED) is 0.632. The minimum atomic E-state index is -3.61. The number of carbonyl (C=O) groups excluding carboxylic acids is 1. The Bertz CT molecular complexity index is 1210. The van der Waals surface area contributed by atoms with E-state index in [0.29, 0.717) is 55.0 Å². The maximum absolute atomic E-state index is 13.2. The van der Waals surface area contributed by atoms with Gasteiger partial charge in [0, 0.05) is 31.8 Å². The number of benzene rings is 2. The van der Waals surface area contributed by atoms with Crippen molar-refractivity contribution >= 4 is 21.8 Å². The number of aryl methyl sites for hydroxylation is 2. The number of nitrogens with zero attached hydrogens (tertiary/aromatic N) is 2. The summed E-state index contributed by atoms with van der Waals surface area (Å²) < 4.78 is 41.9. The summed E-state index contributed by atoms with van der Waals surface area (Å²) >= 11 is 0. The molecule has 0 bridgehead atoms. The number of rotatable bonds is 7. The van der Waals surface area contributed by atoms with Crippen LogP contribution in [0, 0.1) is 25.7 Å². The topological polar surface area (TPSA) is 88.2 Å². The van der Waals surface area contributed by atoms with Gasteiger partial charge in [-0.25, -0.2) is 0 Å². The van der Waals surface area contributed by atoms with Crippen LogP contribution >= 0.6 is 0 Å². The van der Waals surface area contributed by atoms with Crippen molar-refractivity contribution < 1.29 is 22.7 Å². The standard InChI is InChI=1S/C26H33N3O5S/c1-17-7-8-18(2)23(11-17)26(30)28-15-24(33-3)25(16-28)34-22-6-4-5-21(12-22)27-35(31,32)29-13-19-9-10-20(19)14-29/h4-8,11-12,19-20,24-25,27H,9-10,13-16H2,1-3H3/t19?,20?,24-,25-/m1/s1. The summed E-state index contributed by atoms with van der Waals surface area (Å²) in [6, 6.07) is 12.8. The zero-order chi connectivity index (χ0) is 24.7. The van der Waals surface area contributed by atoms with Gasteiger partial charge in [0.15, 0.2) is 0 Å². The zero-order valence-electron chi connectivity index (χ0n) is 20.4. The Labute approximate surface area is 207 Å². The van der Waals surface area contributed by atoms with E-state index < -0.39 is 10.2 Å². The number of amides is 1. The summed E-state index contributed by atoms with van der Waals surface area (Å²) in [6.07, 6.45) is 1.58. The fourth-order valence-electron chi connectivity index (χ4n) is 5.32. The monoisotopic (exact) mass is 499 g/mol. The first kappa shape index (κ1) is 24.1. The zero-order valence-corrected chi connectivity index (χ0v) is 21.3. The van der Waals surface area contributed by atoms with E-state index in [1.165, 1.54) is 0 Å². The summed E-state index contributed by atoms with van der Waals surface area (Å²) in [5, 5.41) is 0. The van der Waals surface area contributed by atoms with Crippen molar-refractivity contribution in [2.75, 3.05) is 38.0 Å². The largest absolute Gasteiger partial charge is 0.486 e. The predicted molar refractivity (Wildman–Crippen MR) is 134 cm³/mol. The molecular formula is C26H33N3O5S. The highest BCUT2D eigenvalue weighted by molar-refractivity contribution is 7.90. The lowest BCUT2D eigenvalue weighted by atomic mass is 9.77. The van der Waals surface area contributed by atoms with Crippen molar-refractivity contribution in [2.45, 2.75) is 38.9 Å². The third kappa shape index (κ3) is 4.90. The fraction of sp³-hybridized carbons (Fsp3) is 0.500. The second kappa shape index (κ2) is 9.44. The first-order chi connectivity index (χ1) is 16.7. The molecular weight excluding hydrogens is 466 g/mol. The van der Waals surface area contributed by atoms with Crippen molar-refractivity contribution in [1.82, 2.24) is 9.21 Å². The molecule has 5 rings (SSSR count). The summed E-state index contributed by atoms with van der Waals surface area (Å²) in [4.78, 5) is 15.0. The molecule has 188 valence electrons. The van der Waals surface area contributed by atoms with Gasteiger partial charge in [0.2, 0.25) is 0 Å². The average Bonchev–Trinajstić information content (AvgIpc) is 3.35. The molecule has 2 aromatic carbocycles. The van der Waals surface area contributed by atoms with E-state index in [1.807, 2.05) is 32.0 Å². The van der Waals surface area contributed by atoms with Crippen molar-refractivity contribution in [3.05, 3.63) is 59.2 Å². The number of anilines is 1. The number of fused-ring (bicyclic) bond motifs is 1. The first-order valence-electron chi connectivity index (χ1n) is 12.2. The Kier molecular flexibility index (Phi) is 6.50. The Balaban J connectivity index is 1.26. The molecule has 3 aliphatic rings. The molecule has 9 heteroatoms. The summed E-state index contributed by atoms with van der Waals surface area (Å²) in [6.45, 7) is 5.91. The van der Waals surface area contributed by atoms with Crippen LogP contribution in [0.25, 0.3) is 0 Å². The van der Waals surface area contributed by atoms with E-state index in [2.05, 4.69) is 4.72 Å². The Morgan fingerprint density at radius 2 is 1.69 bits per heavy atom. The van der Waals surface area contributed by atoms with Gasteiger partial charge in [-0.1, -0.05) is 23.8 Å². The summed E-state index contributed by atoms with van der Waals surface area (Å²) in [7, 11) is -1.99. The third-order valence-electron chi connectivity index (χ3n) is 7.59. The van der Waals surface area contributed by atoms with E-state index in [0.717, 1.165) is 24.0 Å². The smallest absolute Gasteiger partial charge is 0.301 e. The van der Waals surface area contributed by atoms with Crippen molar-refractivity contribution in [2.24, 2.45) is 11.8 Å². The molecule has 3 fully saturated rings. The van der Waals surface area contributed by atoms with Crippen molar-refractivity contribution in [3.63, 3.8) is 0 Å². The van der Waals surface area contributed by atoms with Gasteiger partial charge < -0.3 is 14.4 Å². The van der Waals surface area contributed by atoms with Gasteiger partial charge in [-0.3, -0.25) is 9.52 Å². The molecule has 2 aliphatic heterocycles. The molecule has 0 radical (unpaired) electrons. The highest BCUT2D eigenvalue weighted by Gasteiger charge is 2.43. The average molecular weight is 500 g/mol. The van der Waals surface area contributed by atoms with Crippen LogP contribution in [-0.4, -0.2) is 69.0 Å². The molecule has 2 saturated heterocycles. The van der Waals surface area contributed by atoms with Gasteiger partial charge in [0.05, 0.1) is 18.8 Å². The van der Waals surface area contributed by atoms with Gasteiger partial charge in [0.1, 0.15) is 18.0 Å². The van der Waals surface area contributed by atoms with E-state index in [4.69, 9.17) is 9.47 Å². The normalized spacial score (nSPS) is 26.3. The number of hydrogen-bond donors (Lipinski definition) is 1. The maximum Gasteiger partial charge on any atom is 0.301 e. The maximum atomic E-state index is 13.2. The molecule has 0 aromatic heterocycles. The van der Waals surface area contributed by atoms with Gasteiger partial charge in [-0.2, -0.15) is 12.7 Å². The van der Waals surface area contributed by atoms with Crippen LogP contribution < -0.4 is 9.46 Å². The first-order valence-corrected chi connectivity index (χ1v) is 13.6. The molecule has 0 spiro atoms. The van der Waals surface area contributed by atoms with Crippen LogP contribution in [0.15, 0.2) is 42.5 Å². The van der Waals surface area contributed by atoms with Gasteiger partial charge >= 0.3 is 10.2 Å². The van der Waals surface area contributed by atoms with Crippen LogP contribution in [0.2, 0.25) is 0 Å². The Morgan fingerprint density at radius 1 is 0.971 bits per heavy atom. The Hall–Kier alpha value is -2.62. The van der Waals surface area contributed by atoms with E-state index in [-0.39, 0.29) is 18.1 Å². The fourth-order valence-corrected chi connectivity index (χ4v) is 6.65. The van der Waals surface area contributed by atoms with Crippen LogP contribution in [0.4, 0.5) is 5.69 Å². The number of methoxy groups -OCH3 is 1. The van der Waals surface area contributed by atoms with E-state index in [1.54, 1.807) is 40.6 Å². The molecule has 8 nitrogen and oxygen atoms in total. The molecule has 4 atom stereocenters. The van der Waals surface area contributed by atoms with Gasteiger partial charge in [0.25, 0.3) is 5.91 Å². The van der Waals surface area contributed by atoms with Gasteiger partial charge in [-0.05, 0) is 62.3 Å². The Morgan fingerprint density at radius 3 is 2.37 bits per heavy atom. The second-order valence-electron chi connectivity index (χ2n) is 10.0. The van der Waals surface area contributed by atoms with Crippen molar-refractivity contribution in [3.8, 4) is 5.75 Å². The molecule has 1 aliphatic carbocycles. The number of hydrogen-bond acceptors (Lipinski definition) is 5. The molecule has 1 amide bonds. The third-order valence-corrected chi connectivity index (χ3v) is 9.06. The molecule has 1 N–H and O–H groups in total. The van der Waals surface area contributed by atoms with Crippen LogP contribution in [0.5, 0.6) is 5.75 Å². The molecule has 2 unspecified atom stereocenters. The predicted octanol–water partition coefficient (Wildman–Crippen LogP) is 3.22. The molecule has 35 heavy (non-hydrogen) atoms. The van der Waals surface area contributed by atoms with Crippen molar-refractivity contribution in [1.29, 1.82) is 0 Å². The molecule has 2 heterocycles. The number of likely N-dealkylation sites (tertiary alicyclic amines) is 1. The highest BCUT2D eigenvalue weighted by atomic mass is 32.2. The van der Waals surface area contributed by atoms with Crippen LogP contribution in [0.1, 0.15) is 34.3 Å². The minimum absolute atomic E-state index is 0.0413. The van der Waals surface area contributed by atoms with E-state index in [9.17, 15) is 13.2 Å². The number of ether oxygens (including phenoxy) is 2. The molecule has 1 saturated carbocycles. The van der Waals surface area contributed by atoms with Crippen LogP contribution in [0.3, 0.4) is 0 Å². The molecule has 2 aromatic rings. The SMILES string of the molecule is CO[C@@H]1CN(C(=O)c2cc(C)ccc2C)C[C@H]1Oc1cccc(NS(=O)(=O)N2CC3CCC3C2)c1. The lowest BCUT2D eigenvalue weighted by Crippen LogP contribution is -2.34. The van der Waals surface area contributed by atoms with Crippen LogP contribution in [-0.2, 0) is 14.9 Å². The summed E-state index contributed by atoms with van der Waals surface area (Å²) in [5.74, 6) is 1.49. The second-order valence-corrected chi connectivity index (χ2v) is 11.7. The van der Waals surface area contributed by atoms with E-state index >= 15 is 0 Å². The number of carbonyl (C=O) groups is 1. The number of nitrogens with one attached hydrogen (secondary N) is 1. The summed E-state index contributed by atoms with van der Waals surface area (Å²) in [5.41, 5.74) is 3.12. The lowest BCUT2D eigenvalue weighted by molar-refractivity contribution is 0.0340.